The van der Waals surface area contributed by atoms with E-state index >= 15 is 0 Å². The molecule has 22 heavy (non-hydrogen) atoms. The third kappa shape index (κ3) is 6.29. The van der Waals surface area contributed by atoms with Crippen molar-refractivity contribution in [3.05, 3.63) is 35.4 Å². The van der Waals surface area contributed by atoms with E-state index in [-0.39, 0.29) is 16.9 Å². The van der Waals surface area contributed by atoms with Crippen LogP contribution in [0.2, 0.25) is 0 Å². The Bertz CT molecular complexity index is 521. The molecular weight excluding hydrogens is 278 g/mol. The maximum Gasteiger partial charge on any atom is 0.335 e. The number of hydrogen-bond acceptors (Lipinski definition) is 2. The molecule has 0 aliphatic rings. The number of carbonyl (C=O) groups is 2. The van der Waals surface area contributed by atoms with Gasteiger partial charge in [-0.1, -0.05) is 45.9 Å². The fourth-order valence-electron chi connectivity index (χ4n) is 2.80. The van der Waals surface area contributed by atoms with E-state index in [1.165, 1.54) is 0 Å². The highest BCUT2D eigenvalue weighted by Crippen LogP contribution is 2.24. The van der Waals surface area contributed by atoms with E-state index in [1.807, 2.05) is 0 Å². The minimum absolute atomic E-state index is 0.0305. The Morgan fingerprint density at radius 2 is 1.86 bits per heavy atom. The van der Waals surface area contributed by atoms with Crippen LogP contribution in [0.5, 0.6) is 0 Å². The van der Waals surface area contributed by atoms with E-state index in [1.54, 1.807) is 24.3 Å². The van der Waals surface area contributed by atoms with Crippen molar-refractivity contribution < 1.29 is 14.7 Å². The van der Waals surface area contributed by atoms with Gasteiger partial charge in [0.15, 0.2) is 0 Å². The molecule has 0 aromatic heterocycles. The molecule has 1 aromatic carbocycles. The number of carboxylic acid groups (broad SMARTS) is 1. The molecule has 4 heteroatoms. The van der Waals surface area contributed by atoms with Gasteiger partial charge in [0.2, 0.25) is 5.91 Å². The largest absolute Gasteiger partial charge is 0.478 e. The lowest BCUT2D eigenvalue weighted by molar-refractivity contribution is -0.121. The van der Waals surface area contributed by atoms with E-state index in [4.69, 9.17) is 5.11 Å². The van der Waals surface area contributed by atoms with Crippen LogP contribution in [-0.2, 0) is 11.2 Å². The van der Waals surface area contributed by atoms with Crippen molar-refractivity contribution in [2.45, 2.75) is 47.0 Å². The summed E-state index contributed by atoms with van der Waals surface area (Å²) in [7, 11) is 0. The summed E-state index contributed by atoms with van der Waals surface area (Å²) >= 11 is 0. The molecule has 0 fully saturated rings. The van der Waals surface area contributed by atoms with Crippen LogP contribution in [0.25, 0.3) is 0 Å². The second-order valence-corrected chi connectivity index (χ2v) is 7.00. The summed E-state index contributed by atoms with van der Waals surface area (Å²) in [6.07, 6.45) is 1.80. The van der Waals surface area contributed by atoms with Gasteiger partial charge in [-0.2, -0.15) is 0 Å². The second kappa shape index (κ2) is 7.97. The molecule has 0 aliphatic heterocycles. The van der Waals surface area contributed by atoms with Crippen molar-refractivity contribution >= 4 is 11.9 Å². The molecule has 0 spiro atoms. The van der Waals surface area contributed by atoms with Crippen molar-refractivity contribution in [3.8, 4) is 0 Å². The average Bonchev–Trinajstić information content (AvgIpc) is 2.42. The monoisotopic (exact) mass is 305 g/mol. The first-order chi connectivity index (χ1) is 10.2. The topological polar surface area (TPSA) is 66.4 Å². The van der Waals surface area contributed by atoms with Crippen molar-refractivity contribution in [2.75, 3.05) is 6.54 Å². The quantitative estimate of drug-likeness (QED) is 0.772. The Balaban J connectivity index is 2.49. The molecule has 0 saturated heterocycles. The van der Waals surface area contributed by atoms with Gasteiger partial charge >= 0.3 is 5.97 Å². The summed E-state index contributed by atoms with van der Waals surface area (Å²) in [4.78, 5) is 23.1. The van der Waals surface area contributed by atoms with Crippen molar-refractivity contribution in [1.29, 1.82) is 0 Å². The van der Waals surface area contributed by atoms with Gasteiger partial charge in [-0.3, -0.25) is 4.79 Å². The third-order valence-electron chi connectivity index (χ3n) is 3.59. The summed E-state index contributed by atoms with van der Waals surface area (Å²) < 4.78 is 0. The number of rotatable bonds is 8. The van der Waals surface area contributed by atoms with Gasteiger partial charge in [-0.05, 0) is 35.8 Å². The van der Waals surface area contributed by atoms with E-state index < -0.39 is 5.97 Å². The Morgan fingerprint density at radius 1 is 1.23 bits per heavy atom. The molecule has 0 atom stereocenters. The van der Waals surface area contributed by atoms with Crippen LogP contribution in [0.3, 0.4) is 0 Å². The van der Waals surface area contributed by atoms with Crippen LogP contribution in [-0.4, -0.2) is 23.5 Å². The predicted molar refractivity (Wildman–Crippen MR) is 88.0 cm³/mol. The Morgan fingerprint density at radius 3 is 2.45 bits per heavy atom. The lowest BCUT2D eigenvalue weighted by atomic mass is 9.84. The van der Waals surface area contributed by atoms with E-state index in [2.05, 4.69) is 33.0 Å². The fourth-order valence-corrected chi connectivity index (χ4v) is 2.80. The first-order valence-electron chi connectivity index (χ1n) is 7.79. The van der Waals surface area contributed by atoms with Gasteiger partial charge in [0.25, 0.3) is 0 Å². The normalized spacial score (nSPS) is 11.5. The fraction of sp³-hybridized carbons (Fsp3) is 0.556. The minimum atomic E-state index is -0.950. The van der Waals surface area contributed by atoms with E-state index in [0.29, 0.717) is 30.9 Å². The highest BCUT2D eigenvalue weighted by molar-refractivity contribution is 5.89. The molecule has 0 saturated carbocycles. The number of aryl methyl sites for hydroxylation is 1. The van der Waals surface area contributed by atoms with Crippen molar-refractivity contribution in [1.82, 2.24) is 5.32 Å². The number of hydrogen-bond donors (Lipinski definition) is 2. The number of amides is 1. The van der Waals surface area contributed by atoms with Crippen LogP contribution in [0, 0.1) is 11.3 Å². The van der Waals surface area contributed by atoms with Crippen LogP contribution in [0.4, 0.5) is 0 Å². The number of aromatic carboxylic acids is 1. The minimum Gasteiger partial charge on any atom is -0.478 e. The summed E-state index contributed by atoms with van der Waals surface area (Å²) in [5.41, 5.74) is 1.05. The zero-order chi connectivity index (χ0) is 16.8. The number of carboxylic acids is 1. The highest BCUT2D eigenvalue weighted by Gasteiger charge is 2.20. The molecule has 4 nitrogen and oxygen atoms in total. The van der Waals surface area contributed by atoms with Crippen molar-refractivity contribution in [2.24, 2.45) is 11.3 Å². The molecule has 0 radical (unpaired) electrons. The summed E-state index contributed by atoms with van der Waals surface area (Å²) in [6.45, 7) is 9.28. The first-order valence-corrected chi connectivity index (χ1v) is 7.79. The van der Waals surface area contributed by atoms with E-state index in [0.717, 1.165) is 6.42 Å². The highest BCUT2D eigenvalue weighted by atomic mass is 16.4. The maximum absolute atomic E-state index is 12.0. The first kappa shape index (κ1) is 18.2. The molecule has 1 aromatic rings. The van der Waals surface area contributed by atoms with Gasteiger partial charge in [0.05, 0.1) is 5.56 Å². The molecule has 1 rings (SSSR count). The number of nitrogens with one attached hydrogen (secondary N) is 1. The van der Waals surface area contributed by atoms with Gasteiger partial charge in [0.1, 0.15) is 0 Å². The molecule has 122 valence electrons. The van der Waals surface area contributed by atoms with Crippen LogP contribution in [0.1, 0.15) is 56.5 Å². The predicted octanol–water partition coefficient (Wildman–Crippen LogP) is 3.51. The van der Waals surface area contributed by atoms with Crippen LogP contribution < -0.4 is 5.32 Å². The maximum atomic E-state index is 12.0. The molecular formula is C18H27NO3. The Hall–Kier alpha value is -1.84. The lowest BCUT2D eigenvalue weighted by Crippen LogP contribution is -2.34. The van der Waals surface area contributed by atoms with Crippen LogP contribution >= 0.6 is 0 Å². The Kier molecular flexibility index (Phi) is 6.60. The average molecular weight is 305 g/mol. The van der Waals surface area contributed by atoms with Gasteiger partial charge in [-0.25, -0.2) is 4.79 Å². The SMILES string of the molecule is CC(C)CC(C)(C)CNC(=O)CCc1ccccc1C(=O)O. The summed E-state index contributed by atoms with van der Waals surface area (Å²) in [5.74, 6) is -0.388. The van der Waals surface area contributed by atoms with Gasteiger partial charge < -0.3 is 10.4 Å². The van der Waals surface area contributed by atoms with Gasteiger partial charge in [0, 0.05) is 13.0 Å². The van der Waals surface area contributed by atoms with Crippen LogP contribution in [0.15, 0.2) is 24.3 Å². The lowest BCUT2D eigenvalue weighted by Gasteiger charge is -2.27. The van der Waals surface area contributed by atoms with Crippen molar-refractivity contribution in [3.63, 3.8) is 0 Å². The molecule has 0 heterocycles. The van der Waals surface area contributed by atoms with Gasteiger partial charge in [-0.15, -0.1) is 0 Å². The van der Waals surface area contributed by atoms with E-state index in [9.17, 15) is 9.59 Å². The summed E-state index contributed by atoms with van der Waals surface area (Å²) in [6, 6.07) is 6.83. The number of benzene rings is 1. The zero-order valence-corrected chi connectivity index (χ0v) is 14.0. The number of carbonyl (C=O) groups excluding carboxylic acids is 1. The zero-order valence-electron chi connectivity index (χ0n) is 14.0. The standard InChI is InChI=1S/C18H27NO3/c1-13(2)11-18(3,4)12-19-16(20)10-9-14-7-5-6-8-15(14)17(21)22/h5-8,13H,9-12H2,1-4H3,(H,19,20)(H,21,22). The molecule has 0 unspecified atom stereocenters. The third-order valence-corrected chi connectivity index (χ3v) is 3.59. The molecule has 0 aliphatic carbocycles. The smallest absolute Gasteiger partial charge is 0.335 e. The molecule has 1 amide bonds. The molecule has 2 N–H and O–H groups in total. The molecule has 0 bridgehead atoms. The second-order valence-electron chi connectivity index (χ2n) is 7.00. The summed E-state index contributed by atoms with van der Waals surface area (Å²) in [5, 5.41) is 12.1. The Labute approximate surface area is 132 Å².